The van der Waals surface area contributed by atoms with Crippen molar-refractivity contribution < 1.29 is 9.47 Å². The zero-order valence-electron chi connectivity index (χ0n) is 7.12. The van der Waals surface area contributed by atoms with Crippen LogP contribution >= 0.6 is 0 Å². The molecule has 0 spiro atoms. The predicted molar refractivity (Wildman–Crippen MR) is 45.7 cm³/mol. The summed E-state index contributed by atoms with van der Waals surface area (Å²) >= 11 is 0. The predicted octanol–water partition coefficient (Wildman–Crippen LogP) is 0.480. The molecular formula is C8H12N2O2. The summed E-state index contributed by atoms with van der Waals surface area (Å²) in [5.74, 6) is 1.65. The van der Waals surface area contributed by atoms with Crippen LogP contribution in [0.15, 0.2) is 9.98 Å². The second-order valence-corrected chi connectivity index (χ2v) is 2.86. The molecule has 0 atom stereocenters. The summed E-state index contributed by atoms with van der Waals surface area (Å²) in [5, 5.41) is 0. The molecule has 0 saturated carbocycles. The first kappa shape index (κ1) is 7.58. The highest BCUT2D eigenvalue weighted by atomic mass is 16.5. The molecule has 0 aliphatic carbocycles. The van der Waals surface area contributed by atoms with Gasteiger partial charge in [0.15, 0.2) is 11.8 Å². The third-order valence-electron chi connectivity index (χ3n) is 1.96. The Morgan fingerprint density at radius 1 is 1.08 bits per heavy atom. The van der Waals surface area contributed by atoms with Crippen molar-refractivity contribution >= 4 is 11.8 Å². The Kier molecular flexibility index (Phi) is 1.98. The summed E-state index contributed by atoms with van der Waals surface area (Å²) in [6, 6.07) is 0. The SMILES string of the molecule is CC(C1=NCCO1)C1=NCCO1. The molecule has 2 aliphatic rings. The lowest BCUT2D eigenvalue weighted by Crippen LogP contribution is -2.21. The maximum absolute atomic E-state index is 5.32. The van der Waals surface area contributed by atoms with Gasteiger partial charge in [-0.1, -0.05) is 0 Å². The van der Waals surface area contributed by atoms with Gasteiger partial charge in [-0.05, 0) is 6.92 Å². The molecule has 0 aromatic heterocycles. The van der Waals surface area contributed by atoms with E-state index in [2.05, 4.69) is 9.98 Å². The lowest BCUT2D eigenvalue weighted by atomic mass is 10.2. The van der Waals surface area contributed by atoms with Crippen LogP contribution in [0.3, 0.4) is 0 Å². The summed E-state index contributed by atoms with van der Waals surface area (Å²) in [5.41, 5.74) is 0. The third kappa shape index (κ3) is 1.29. The fourth-order valence-corrected chi connectivity index (χ4v) is 1.33. The summed E-state index contributed by atoms with van der Waals surface area (Å²) in [7, 11) is 0. The minimum atomic E-state index is 0.106. The second-order valence-electron chi connectivity index (χ2n) is 2.86. The molecule has 4 heteroatoms. The average molecular weight is 168 g/mol. The molecule has 0 amide bonds. The van der Waals surface area contributed by atoms with Gasteiger partial charge in [0.05, 0.1) is 13.1 Å². The van der Waals surface area contributed by atoms with Crippen LogP contribution in [0.5, 0.6) is 0 Å². The van der Waals surface area contributed by atoms with E-state index in [4.69, 9.17) is 9.47 Å². The van der Waals surface area contributed by atoms with Crippen molar-refractivity contribution in [2.45, 2.75) is 6.92 Å². The van der Waals surface area contributed by atoms with Crippen LogP contribution in [0.2, 0.25) is 0 Å². The molecule has 4 nitrogen and oxygen atoms in total. The minimum absolute atomic E-state index is 0.106. The molecule has 0 N–H and O–H groups in total. The van der Waals surface area contributed by atoms with Crippen LogP contribution in [-0.2, 0) is 9.47 Å². The highest BCUT2D eigenvalue weighted by Gasteiger charge is 2.24. The quantitative estimate of drug-likeness (QED) is 0.602. The van der Waals surface area contributed by atoms with Gasteiger partial charge in [-0.25, -0.2) is 0 Å². The van der Waals surface area contributed by atoms with Crippen molar-refractivity contribution in [2.75, 3.05) is 26.3 Å². The largest absolute Gasteiger partial charge is 0.478 e. The molecular weight excluding hydrogens is 156 g/mol. The van der Waals surface area contributed by atoms with Crippen LogP contribution < -0.4 is 0 Å². The Bertz CT molecular complexity index is 211. The molecule has 12 heavy (non-hydrogen) atoms. The first-order chi connectivity index (χ1) is 5.88. The van der Waals surface area contributed by atoms with Crippen LogP contribution in [0.1, 0.15) is 6.92 Å². The average Bonchev–Trinajstić information content (AvgIpc) is 2.77. The fraction of sp³-hybridized carbons (Fsp3) is 0.750. The molecule has 2 aliphatic heterocycles. The number of hydrogen-bond donors (Lipinski definition) is 0. The molecule has 0 saturated heterocycles. The monoisotopic (exact) mass is 168 g/mol. The molecule has 0 aromatic rings. The van der Waals surface area contributed by atoms with Crippen molar-refractivity contribution in [2.24, 2.45) is 15.9 Å². The van der Waals surface area contributed by atoms with Crippen molar-refractivity contribution in [3.63, 3.8) is 0 Å². The minimum Gasteiger partial charge on any atom is -0.478 e. The first-order valence-electron chi connectivity index (χ1n) is 4.22. The molecule has 66 valence electrons. The van der Waals surface area contributed by atoms with Crippen LogP contribution in [0, 0.1) is 5.92 Å². The maximum atomic E-state index is 5.32. The van der Waals surface area contributed by atoms with Gasteiger partial charge in [0.1, 0.15) is 19.1 Å². The van der Waals surface area contributed by atoms with Gasteiger partial charge in [0, 0.05) is 0 Å². The molecule has 0 bridgehead atoms. The van der Waals surface area contributed by atoms with Crippen LogP contribution in [0.25, 0.3) is 0 Å². The molecule has 0 unspecified atom stereocenters. The Hall–Kier alpha value is -1.06. The van der Waals surface area contributed by atoms with E-state index in [-0.39, 0.29) is 5.92 Å². The van der Waals surface area contributed by atoms with E-state index in [0.29, 0.717) is 13.2 Å². The molecule has 0 radical (unpaired) electrons. The highest BCUT2D eigenvalue weighted by molar-refractivity contribution is 6.00. The van der Waals surface area contributed by atoms with E-state index >= 15 is 0 Å². The number of aliphatic imine (C=N–C) groups is 2. The normalized spacial score (nSPS) is 21.8. The van der Waals surface area contributed by atoms with E-state index < -0.39 is 0 Å². The fourth-order valence-electron chi connectivity index (χ4n) is 1.33. The van der Waals surface area contributed by atoms with Gasteiger partial charge in [-0.3, -0.25) is 9.98 Å². The van der Waals surface area contributed by atoms with E-state index in [1.165, 1.54) is 0 Å². The molecule has 0 aromatic carbocycles. The topological polar surface area (TPSA) is 43.2 Å². The van der Waals surface area contributed by atoms with Crippen molar-refractivity contribution in [3.05, 3.63) is 0 Å². The van der Waals surface area contributed by atoms with Crippen molar-refractivity contribution in [1.82, 2.24) is 0 Å². The zero-order valence-corrected chi connectivity index (χ0v) is 7.12. The summed E-state index contributed by atoms with van der Waals surface area (Å²) in [6.07, 6.45) is 0. The lowest BCUT2D eigenvalue weighted by Gasteiger charge is -2.10. The Balaban J connectivity index is 2.03. The maximum Gasteiger partial charge on any atom is 0.195 e. The third-order valence-corrected chi connectivity index (χ3v) is 1.96. The summed E-state index contributed by atoms with van der Waals surface area (Å²) in [6.45, 7) is 4.95. The van der Waals surface area contributed by atoms with Gasteiger partial charge >= 0.3 is 0 Å². The van der Waals surface area contributed by atoms with Gasteiger partial charge in [0.2, 0.25) is 0 Å². The van der Waals surface area contributed by atoms with E-state index in [1.54, 1.807) is 0 Å². The number of nitrogens with zero attached hydrogens (tertiary/aromatic N) is 2. The van der Waals surface area contributed by atoms with Crippen LogP contribution in [0.4, 0.5) is 0 Å². The molecule has 2 heterocycles. The first-order valence-corrected chi connectivity index (χ1v) is 4.22. The van der Waals surface area contributed by atoms with Gasteiger partial charge < -0.3 is 9.47 Å². The van der Waals surface area contributed by atoms with Crippen molar-refractivity contribution in [1.29, 1.82) is 0 Å². The number of hydrogen-bond acceptors (Lipinski definition) is 4. The highest BCUT2D eigenvalue weighted by Crippen LogP contribution is 2.12. The Labute approximate surface area is 71.3 Å². The van der Waals surface area contributed by atoms with E-state index in [0.717, 1.165) is 24.9 Å². The summed E-state index contributed by atoms with van der Waals surface area (Å²) in [4.78, 5) is 8.43. The number of ether oxygens (including phenoxy) is 2. The van der Waals surface area contributed by atoms with Gasteiger partial charge in [-0.15, -0.1) is 0 Å². The van der Waals surface area contributed by atoms with Crippen molar-refractivity contribution in [3.8, 4) is 0 Å². The lowest BCUT2D eigenvalue weighted by molar-refractivity contribution is 0.309. The smallest absolute Gasteiger partial charge is 0.195 e. The zero-order chi connectivity index (χ0) is 8.39. The molecule has 0 fully saturated rings. The Morgan fingerprint density at radius 2 is 1.58 bits per heavy atom. The van der Waals surface area contributed by atoms with E-state index in [9.17, 15) is 0 Å². The van der Waals surface area contributed by atoms with Gasteiger partial charge in [-0.2, -0.15) is 0 Å². The molecule has 2 rings (SSSR count). The second kappa shape index (κ2) is 3.13. The van der Waals surface area contributed by atoms with Gasteiger partial charge in [0.25, 0.3) is 0 Å². The Morgan fingerprint density at radius 3 is 1.92 bits per heavy atom. The number of rotatable bonds is 2. The van der Waals surface area contributed by atoms with Crippen LogP contribution in [-0.4, -0.2) is 38.1 Å². The summed E-state index contributed by atoms with van der Waals surface area (Å²) < 4.78 is 10.6. The standard InChI is InChI=1S/C8H12N2O2/c1-6(7-9-2-4-11-7)8-10-3-5-12-8/h6H,2-5H2,1H3. The van der Waals surface area contributed by atoms with E-state index in [1.807, 2.05) is 6.92 Å².